The molecule has 0 aliphatic rings. The van der Waals surface area contributed by atoms with Gasteiger partial charge in [0.1, 0.15) is 22.3 Å². The maximum absolute atomic E-state index is 6.44. The Bertz CT molecular complexity index is 3800. The number of hydrogen-bond donors (Lipinski definition) is 0. The summed E-state index contributed by atoms with van der Waals surface area (Å²) in [5.41, 5.74) is 10.9. The first kappa shape index (κ1) is 31.5. The summed E-state index contributed by atoms with van der Waals surface area (Å²) in [5.74, 6) is 0. The minimum Gasteiger partial charge on any atom is -0.456 e. The van der Waals surface area contributed by atoms with Gasteiger partial charge in [0.05, 0.1) is 0 Å². The van der Waals surface area contributed by atoms with Crippen molar-refractivity contribution < 1.29 is 8.83 Å². The third kappa shape index (κ3) is 4.60. The van der Waals surface area contributed by atoms with Crippen molar-refractivity contribution in [2.45, 2.75) is 0 Å². The van der Waals surface area contributed by atoms with Crippen molar-refractivity contribution in [3.05, 3.63) is 194 Å². The van der Waals surface area contributed by atoms with Crippen molar-refractivity contribution in [2.75, 3.05) is 0 Å². The number of fused-ring (bicyclic) bond motifs is 12. The Balaban J connectivity index is 0.939. The summed E-state index contributed by atoms with van der Waals surface area (Å²) in [6, 6.07) is 70.6. The molecule has 0 N–H and O–H groups in total. The molecule has 0 aliphatic heterocycles. The van der Waals surface area contributed by atoms with E-state index in [1.54, 1.807) is 0 Å². The first-order valence-corrected chi connectivity index (χ1v) is 19.9. The number of furan rings is 2. The fourth-order valence-corrected chi connectivity index (χ4v) is 9.67. The molecule has 0 atom stereocenters. The van der Waals surface area contributed by atoms with Crippen molar-refractivity contribution in [2.24, 2.45) is 0 Å². The van der Waals surface area contributed by atoms with Crippen molar-refractivity contribution in [1.29, 1.82) is 0 Å². The van der Waals surface area contributed by atoms with E-state index < -0.39 is 0 Å². The molecule has 2 nitrogen and oxygen atoms in total. The molecule has 13 rings (SSSR count). The molecule has 0 spiro atoms. The van der Waals surface area contributed by atoms with E-state index in [0.717, 1.165) is 54.8 Å². The minimum absolute atomic E-state index is 0.888. The second kappa shape index (κ2) is 11.9. The lowest BCUT2D eigenvalue weighted by molar-refractivity contribution is 0.668. The fraction of sp³-hybridized carbons (Fsp3) is 0. The molecule has 2 heteroatoms. The number of rotatable bonds is 3. The maximum Gasteiger partial charge on any atom is 0.136 e. The summed E-state index contributed by atoms with van der Waals surface area (Å²) in [6.45, 7) is 0. The average molecular weight is 737 g/mol. The van der Waals surface area contributed by atoms with Gasteiger partial charge in [-0.15, -0.1) is 0 Å². The van der Waals surface area contributed by atoms with Crippen LogP contribution in [0.5, 0.6) is 0 Å². The van der Waals surface area contributed by atoms with E-state index in [-0.39, 0.29) is 0 Å². The van der Waals surface area contributed by atoms with E-state index in [1.165, 1.54) is 76.3 Å². The lowest BCUT2D eigenvalue weighted by Gasteiger charge is -2.18. The van der Waals surface area contributed by atoms with Gasteiger partial charge < -0.3 is 8.83 Å². The number of hydrogen-bond acceptors (Lipinski definition) is 2. The molecule has 0 unspecified atom stereocenters. The van der Waals surface area contributed by atoms with Gasteiger partial charge in [0.15, 0.2) is 0 Å². The first-order chi connectivity index (χ1) is 28.7. The standard InChI is InChI=1S/C56H32O2/c1-2-10-34-28-40(21-17-33(34)9-1)54-42-11-3-5-13-44(42)55(45-14-6-4-12-43(45)54)41-22-20-35-27-36(18-19-37(35)29-41)38-23-25-51-48(30-38)49-32-47-39(31-53(49)58-51)24-26-52-56(47)46-15-7-8-16-50(46)57-52/h1-32H. The Morgan fingerprint density at radius 1 is 0.224 bits per heavy atom. The van der Waals surface area contributed by atoms with Crippen LogP contribution in [0.4, 0.5) is 0 Å². The minimum atomic E-state index is 0.888. The second-order valence-corrected chi connectivity index (χ2v) is 15.6. The summed E-state index contributed by atoms with van der Waals surface area (Å²) < 4.78 is 12.7. The van der Waals surface area contributed by atoms with Crippen LogP contribution < -0.4 is 0 Å². The highest BCUT2D eigenvalue weighted by molar-refractivity contribution is 6.24. The summed E-state index contributed by atoms with van der Waals surface area (Å²) in [5, 5.41) is 16.8. The number of para-hydroxylation sites is 1. The summed E-state index contributed by atoms with van der Waals surface area (Å²) in [6.07, 6.45) is 0. The van der Waals surface area contributed by atoms with Crippen molar-refractivity contribution in [3.8, 4) is 33.4 Å². The number of benzene rings is 11. The second-order valence-electron chi connectivity index (χ2n) is 15.6. The molecule has 0 amide bonds. The highest BCUT2D eigenvalue weighted by atomic mass is 16.3. The Kier molecular flexibility index (Phi) is 6.47. The van der Waals surface area contributed by atoms with Crippen molar-refractivity contribution in [3.63, 3.8) is 0 Å². The van der Waals surface area contributed by atoms with Gasteiger partial charge in [-0.2, -0.15) is 0 Å². The molecule has 0 aliphatic carbocycles. The molecule has 0 bridgehead atoms. The van der Waals surface area contributed by atoms with Crippen LogP contribution in [0.25, 0.3) is 131 Å². The van der Waals surface area contributed by atoms with Crippen LogP contribution in [0.2, 0.25) is 0 Å². The van der Waals surface area contributed by atoms with Crippen LogP contribution in [-0.2, 0) is 0 Å². The van der Waals surface area contributed by atoms with E-state index in [9.17, 15) is 0 Å². The van der Waals surface area contributed by atoms with Crippen molar-refractivity contribution >= 4 is 97.7 Å². The lowest BCUT2D eigenvalue weighted by Crippen LogP contribution is -1.91. The molecule has 13 aromatic rings. The molecule has 0 radical (unpaired) electrons. The topological polar surface area (TPSA) is 26.3 Å². The Hall–Kier alpha value is -7.68. The molecule has 268 valence electrons. The van der Waals surface area contributed by atoms with Gasteiger partial charge in [0.25, 0.3) is 0 Å². The highest BCUT2D eigenvalue weighted by Gasteiger charge is 2.18. The van der Waals surface area contributed by atoms with Crippen LogP contribution in [0.15, 0.2) is 203 Å². The molecule has 0 saturated heterocycles. The summed E-state index contributed by atoms with van der Waals surface area (Å²) in [4.78, 5) is 0. The first-order valence-electron chi connectivity index (χ1n) is 19.9. The zero-order valence-electron chi connectivity index (χ0n) is 31.3. The van der Waals surface area contributed by atoms with Gasteiger partial charge in [-0.3, -0.25) is 0 Å². The van der Waals surface area contributed by atoms with Gasteiger partial charge in [-0.05, 0) is 142 Å². The Morgan fingerprint density at radius 2 is 0.672 bits per heavy atom. The van der Waals surface area contributed by atoms with E-state index in [2.05, 4.69) is 182 Å². The molecular weight excluding hydrogens is 705 g/mol. The molecule has 0 saturated carbocycles. The maximum atomic E-state index is 6.44. The normalized spacial score (nSPS) is 12.1. The van der Waals surface area contributed by atoms with Gasteiger partial charge in [-0.1, -0.05) is 140 Å². The monoisotopic (exact) mass is 736 g/mol. The molecule has 0 fully saturated rings. The predicted octanol–water partition coefficient (Wildman–Crippen LogP) is 16.3. The molecular formula is C56H32O2. The SMILES string of the molecule is c1ccc2cc(-c3c4ccccc4c(-c4ccc5cc(-c6ccc7oc8cc9ccc%10oc%11ccccc%11c%10c9cc8c7c6)ccc5c4)c4ccccc34)ccc2c1. The van der Waals surface area contributed by atoms with Gasteiger partial charge in [0, 0.05) is 21.5 Å². The van der Waals surface area contributed by atoms with E-state index in [4.69, 9.17) is 8.83 Å². The van der Waals surface area contributed by atoms with Crippen LogP contribution >= 0.6 is 0 Å². The largest absolute Gasteiger partial charge is 0.456 e. The van der Waals surface area contributed by atoms with Crippen LogP contribution in [0.3, 0.4) is 0 Å². The summed E-state index contributed by atoms with van der Waals surface area (Å²) >= 11 is 0. The van der Waals surface area contributed by atoms with E-state index in [0.29, 0.717) is 0 Å². The predicted molar refractivity (Wildman–Crippen MR) is 245 cm³/mol. The third-order valence-electron chi connectivity index (χ3n) is 12.4. The molecule has 58 heavy (non-hydrogen) atoms. The van der Waals surface area contributed by atoms with E-state index in [1.807, 2.05) is 12.1 Å². The third-order valence-corrected chi connectivity index (χ3v) is 12.4. The Labute approximate surface area is 332 Å². The molecule has 2 aromatic heterocycles. The summed E-state index contributed by atoms with van der Waals surface area (Å²) in [7, 11) is 0. The lowest BCUT2D eigenvalue weighted by atomic mass is 9.85. The quantitative estimate of drug-likeness (QED) is 0.169. The Morgan fingerprint density at radius 3 is 1.38 bits per heavy atom. The fourth-order valence-electron chi connectivity index (χ4n) is 9.67. The zero-order valence-corrected chi connectivity index (χ0v) is 31.3. The van der Waals surface area contributed by atoms with Crippen LogP contribution in [0.1, 0.15) is 0 Å². The van der Waals surface area contributed by atoms with Gasteiger partial charge in [0.2, 0.25) is 0 Å². The van der Waals surface area contributed by atoms with Crippen LogP contribution in [-0.4, -0.2) is 0 Å². The van der Waals surface area contributed by atoms with Gasteiger partial charge in [-0.25, -0.2) is 0 Å². The average Bonchev–Trinajstić information content (AvgIpc) is 3.84. The van der Waals surface area contributed by atoms with Crippen molar-refractivity contribution in [1.82, 2.24) is 0 Å². The van der Waals surface area contributed by atoms with E-state index >= 15 is 0 Å². The smallest absolute Gasteiger partial charge is 0.136 e. The highest BCUT2D eigenvalue weighted by Crippen LogP contribution is 2.45. The molecule has 11 aromatic carbocycles. The zero-order chi connectivity index (χ0) is 37.9. The molecule has 2 heterocycles. The van der Waals surface area contributed by atoms with Crippen LogP contribution in [0, 0.1) is 0 Å². The van der Waals surface area contributed by atoms with Gasteiger partial charge >= 0.3 is 0 Å².